The number of benzene rings is 2. The van der Waals surface area contributed by atoms with Crippen molar-refractivity contribution in [3.8, 4) is 0 Å². The molecule has 0 spiro atoms. The van der Waals surface area contributed by atoms with Crippen LogP contribution < -0.4 is 10.2 Å². The largest absolute Gasteiger partial charge is 0.480 e. The van der Waals surface area contributed by atoms with E-state index < -0.39 is 17.9 Å². The van der Waals surface area contributed by atoms with Crippen molar-refractivity contribution in [2.75, 3.05) is 19.0 Å². The molecule has 1 atom stereocenters. The van der Waals surface area contributed by atoms with Gasteiger partial charge < -0.3 is 15.3 Å². The van der Waals surface area contributed by atoms with Gasteiger partial charge in [0, 0.05) is 26.2 Å². The van der Waals surface area contributed by atoms with Crippen molar-refractivity contribution in [2.45, 2.75) is 12.5 Å². The Balaban J connectivity index is 2.16. The van der Waals surface area contributed by atoms with E-state index in [4.69, 9.17) is 23.2 Å². The molecule has 0 bridgehead atoms. The summed E-state index contributed by atoms with van der Waals surface area (Å²) in [4.78, 5) is 25.9. The summed E-state index contributed by atoms with van der Waals surface area (Å²) < 4.78 is 0. The highest BCUT2D eigenvalue weighted by Gasteiger charge is 2.23. The van der Waals surface area contributed by atoms with Gasteiger partial charge in [-0.3, -0.25) is 4.79 Å². The van der Waals surface area contributed by atoms with Gasteiger partial charge in [0.05, 0.1) is 15.6 Å². The molecule has 7 heteroatoms. The van der Waals surface area contributed by atoms with Crippen molar-refractivity contribution in [2.24, 2.45) is 0 Å². The van der Waals surface area contributed by atoms with Gasteiger partial charge in [-0.2, -0.15) is 0 Å². The number of rotatable bonds is 6. The Hall–Kier alpha value is -2.24. The minimum atomic E-state index is -1.13. The molecule has 0 heterocycles. The van der Waals surface area contributed by atoms with Crippen LogP contribution in [0.4, 0.5) is 5.69 Å². The minimum Gasteiger partial charge on any atom is -0.480 e. The van der Waals surface area contributed by atoms with Crippen molar-refractivity contribution in [3.05, 3.63) is 63.6 Å². The van der Waals surface area contributed by atoms with Gasteiger partial charge in [0.15, 0.2) is 0 Å². The predicted molar refractivity (Wildman–Crippen MR) is 99.8 cm³/mol. The second kappa shape index (κ2) is 8.23. The first-order chi connectivity index (χ1) is 11.8. The van der Waals surface area contributed by atoms with E-state index in [1.54, 1.807) is 6.07 Å². The van der Waals surface area contributed by atoms with Crippen LogP contribution in [-0.4, -0.2) is 37.1 Å². The number of hydrogen-bond acceptors (Lipinski definition) is 3. The minimum absolute atomic E-state index is 0.0695. The van der Waals surface area contributed by atoms with Crippen LogP contribution in [0.5, 0.6) is 0 Å². The summed E-state index contributed by atoms with van der Waals surface area (Å²) in [6.07, 6.45) is 0.150. The molecule has 0 aliphatic carbocycles. The summed E-state index contributed by atoms with van der Waals surface area (Å²) in [6, 6.07) is 11.0. The van der Waals surface area contributed by atoms with E-state index in [-0.39, 0.29) is 22.0 Å². The number of carbonyl (C=O) groups excluding carboxylic acids is 1. The Kier molecular flexibility index (Phi) is 6.28. The number of carbonyl (C=O) groups is 2. The van der Waals surface area contributed by atoms with Gasteiger partial charge in [-0.25, -0.2) is 4.79 Å². The highest BCUT2D eigenvalue weighted by Crippen LogP contribution is 2.24. The highest BCUT2D eigenvalue weighted by atomic mass is 35.5. The van der Waals surface area contributed by atoms with Gasteiger partial charge in [0.1, 0.15) is 6.04 Å². The number of hydrogen-bond donors (Lipinski definition) is 2. The molecule has 2 aromatic carbocycles. The number of nitrogens with one attached hydrogen (secondary N) is 1. The first kappa shape index (κ1) is 19.1. The van der Waals surface area contributed by atoms with Crippen LogP contribution >= 0.6 is 23.2 Å². The van der Waals surface area contributed by atoms with Gasteiger partial charge in [-0.05, 0) is 29.8 Å². The van der Waals surface area contributed by atoms with E-state index >= 15 is 0 Å². The standard InChI is InChI=1S/C18H18Cl2N2O3/c1-22(2)12-8-6-11(7-9-12)10-15(18(24)25)21-17(23)16-13(19)4-3-5-14(16)20/h3-9,15H,10H2,1-2H3,(H,21,23)(H,24,25)/t15-/m0/s1. The molecule has 0 aliphatic rings. The Labute approximate surface area is 156 Å². The third-order valence-corrected chi connectivity index (χ3v) is 4.32. The fourth-order valence-corrected chi connectivity index (χ4v) is 2.88. The predicted octanol–water partition coefficient (Wildman–Crippen LogP) is 3.49. The van der Waals surface area contributed by atoms with Crippen LogP contribution in [0.3, 0.4) is 0 Å². The molecule has 0 aliphatic heterocycles. The number of anilines is 1. The second-order valence-corrected chi connectivity index (χ2v) is 6.54. The summed E-state index contributed by atoms with van der Waals surface area (Å²) in [5.41, 5.74) is 1.87. The fraction of sp³-hybridized carbons (Fsp3) is 0.222. The lowest BCUT2D eigenvalue weighted by molar-refractivity contribution is -0.139. The third-order valence-electron chi connectivity index (χ3n) is 3.69. The first-order valence-electron chi connectivity index (χ1n) is 7.53. The van der Waals surface area contributed by atoms with Crippen molar-refractivity contribution in [1.29, 1.82) is 0 Å². The Morgan fingerprint density at radius 2 is 1.64 bits per heavy atom. The van der Waals surface area contributed by atoms with Crippen LogP contribution in [0.25, 0.3) is 0 Å². The first-order valence-corrected chi connectivity index (χ1v) is 8.29. The van der Waals surface area contributed by atoms with E-state index in [9.17, 15) is 14.7 Å². The summed E-state index contributed by atoms with van der Waals surface area (Å²) in [7, 11) is 3.84. The van der Waals surface area contributed by atoms with Crippen LogP contribution in [0.2, 0.25) is 10.0 Å². The van der Waals surface area contributed by atoms with E-state index in [1.165, 1.54) is 12.1 Å². The average Bonchev–Trinajstić information content (AvgIpc) is 2.54. The lowest BCUT2D eigenvalue weighted by atomic mass is 10.0. The van der Waals surface area contributed by atoms with Gasteiger partial charge >= 0.3 is 5.97 Å². The van der Waals surface area contributed by atoms with Crippen LogP contribution in [0, 0.1) is 0 Å². The summed E-state index contributed by atoms with van der Waals surface area (Å²) in [6.45, 7) is 0. The lowest BCUT2D eigenvalue weighted by Gasteiger charge is -2.17. The zero-order chi connectivity index (χ0) is 18.6. The zero-order valence-corrected chi connectivity index (χ0v) is 15.3. The molecule has 0 aromatic heterocycles. The van der Waals surface area contributed by atoms with Gasteiger partial charge in [-0.15, -0.1) is 0 Å². The van der Waals surface area contributed by atoms with Crippen molar-refractivity contribution < 1.29 is 14.7 Å². The number of amides is 1. The van der Waals surface area contributed by atoms with Gasteiger partial charge in [0.25, 0.3) is 5.91 Å². The van der Waals surface area contributed by atoms with Gasteiger partial charge in [-0.1, -0.05) is 41.4 Å². The quantitative estimate of drug-likeness (QED) is 0.804. The van der Waals surface area contributed by atoms with Crippen molar-refractivity contribution in [3.63, 3.8) is 0 Å². The molecular formula is C18H18Cl2N2O3. The molecule has 2 N–H and O–H groups in total. The number of nitrogens with zero attached hydrogens (tertiary/aromatic N) is 1. The number of halogens is 2. The van der Waals surface area contributed by atoms with Crippen LogP contribution in [0.1, 0.15) is 15.9 Å². The molecule has 5 nitrogen and oxygen atoms in total. The van der Waals surface area contributed by atoms with Crippen LogP contribution in [0.15, 0.2) is 42.5 Å². The molecule has 0 radical (unpaired) electrons. The van der Waals surface area contributed by atoms with E-state index in [1.807, 2.05) is 43.3 Å². The molecule has 0 saturated carbocycles. The number of carboxylic acids is 1. The Morgan fingerprint density at radius 1 is 1.08 bits per heavy atom. The van der Waals surface area contributed by atoms with Crippen LogP contribution in [-0.2, 0) is 11.2 Å². The van der Waals surface area contributed by atoms with Crippen molar-refractivity contribution >= 4 is 40.8 Å². The molecule has 0 unspecified atom stereocenters. The van der Waals surface area contributed by atoms with E-state index in [0.717, 1.165) is 11.3 Å². The monoisotopic (exact) mass is 380 g/mol. The summed E-state index contributed by atoms with van der Waals surface area (Å²) >= 11 is 12.0. The molecule has 0 fully saturated rings. The third kappa shape index (κ3) is 4.87. The highest BCUT2D eigenvalue weighted by molar-refractivity contribution is 6.39. The molecule has 2 aromatic rings. The fourth-order valence-electron chi connectivity index (χ4n) is 2.31. The molecular weight excluding hydrogens is 363 g/mol. The van der Waals surface area contributed by atoms with Crippen molar-refractivity contribution in [1.82, 2.24) is 5.32 Å². The average molecular weight is 381 g/mol. The summed E-state index contributed by atoms with van der Waals surface area (Å²) in [5, 5.41) is 12.2. The maximum atomic E-state index is 12.4. The smallest absolute Gasteiger partial charge is 0.326 e. The zero-order valence-electron chi connectivity index (χ0n) is 13.8. The number of carboxylic acid groups (broad SMARTS) is 1. The molecule has 1 amide bonds. The Morgan fingerprint density at radius 3 is 2.12 bits per heavy atom. The van der Waals surface area contributed by atoms with E-state index in [0.29, 0.717) is 0 Å². The molecule has 2 rings (SSSR count). The SMILES string of the molecule is CN(C)c1ccc(C[C@H](NC(=O)c2c(Cl)cccc2Cl)C(=O)O)cc1. The molecule has 25 heavy (non-hydrogen) atoms. The lowest BCUT2D eigenvalue weighted by Crippen LogP contribution is -2.42. The normalized spacial score (nSPS) is 11.7. The van der Waals surface area contributed by atoms with E-state index in [2.05, 4.69) is 5.32 Å². The van der Waals surface area contributed by atoms with Gasteiger partial charge in [0.2, 0.25) is 0 Å². The molecule has 132 valence electrons. The topological polar surface area (TPSA) is 69.6 Å². The maximum Gasteiger partial charge on any atom is 0.326 e. The molecule has 0 saturated heterocycles. The maximum absolute atomic E-state index is 12.4. The number of aliphatic carboxylic acids is 1. The summed E-state index contributed by atoms with van der Waals surface area (Å²) in [5.74, 6) is -1.75. The Bertz CT molecular complexity index is 756. The second-order valence-electron chi connectivity index (χ2n) is 5.73.